The second-order valence-corrected chi connectivity index (χ2v) is 5.25. The SMILES string of the molecule is CCOC(=S)Sc1cc(Br)ccc1C. The van der Waals surface area contributed by atoms with Gasteiger partial charge in [-0.25, -0.2) is 0 Å². The molecule has 0 aliphatic heterocycles. The topological polar surface area (TPSA) is 9.23 Å². The predicted octanol–water partition coefficient (Wildman–Crippen LogP) is 4.17. The fourth-order valence-corrected chi connectivity index (χ4v) is 2.59. The smallest absolute Gasteiger partial charge is 0.224 e. The van der Waals surface area contributed by atoms with Crippen molar-refractivity contribution >= 4 is 44.3 Å². The number of hydrogen-bond donors (Lipinski definition) is 0. The van der Waals surface area contributed by atoms with Crippen LogP contribution in [0.5, 0.6) is 0 Å². The molecule has 0 heterocycles. The summed E-state index contributed by atoms with van der Waals surface area (Å²) in [6, 6.07) is 6.12. The number of halogens is 1. The van der Waals surface area contributed by atoms with Crippen molar-refractivity contribution in [3.8, 4) is 0 Å². The minimum Gasteiger partial charge on any atom is -0.479 e. The Balaban J connectivity index is 2.75. The minimum absolute atomic E-state index is 0.577. The van der Waals surface area contributed by atoms with Crippen molar-refractivity contribution in [3.63, 3.8) is 0 Å². The highest BCUT2D eigenvalue weighted by Gasteiger charge is 2.04. The van der Waals surface area contributed by atoms with Gasteiger partial charge in [0.25, 0.3) is 0 Å². The number of ether oxygens (including phenoxy) is 1. The lowest BCUT2D eigenvalue weighted by molar-refractivity contribution is 0.346. The van der Waals surface area contributed by atoms with Gasteiger partial charge in [-0.3, -0.25) is 0 Å². The maximum Gasteiger partial charge on any atom is 0.224 e. The summed E-state index contributed by atoms with van der Waals surface area (Å²) in [4.78, 5) is 1.14. The average molecular weight is 291 g/mol. The number of thioether (sulfide) groups is 1. The molecule has 14 heavy (non-hydrogen) atoms. The first-order valence-electron chi connectivity index (χ1n) is 4.24. The third-order valence-corrected chi connectivity index (χ3v) is 3.41. The van der Waals surface area contributed by atoms with Crippen LogP contribution in [0.4, 0.5) is 0 Å². The van der Waals surface area contributed by atoms with Gasteiger partial charge in [0.1, 0.15) is 0 Å². The Bertz CT molecular complexity index is 339. The van der Waals surface area contributed by atoms with E-state index in [1.807, 2.05) is 19.1 Å². The number of hydrogen-bond acceptors (Lipinski definition) is 3. The Kier molecular flexibility index (Phi) is 4.92. The highest BCUT2D eigenvalue weighted by Crippen LogP contribution is 2.27. The number of thiocarbonyl (C=S) groups is 1. The molecular weight excluding hydrogens is 280 g/mol. The van der Waals surface area contributed by atoms with E-state index in [0.29, 0.717) is 11.0 Å². The van der Waals surface area contributed by atoms with Crippen LogP contribution in [0.3, 0.4) is 0 Å². The van der Waals surface area contributed by atoms with Crippen molar-refractivity contribution in [2.45, 2.75) is 18.7 Å². The molecule has 1 aromatic carbocycles. The first kappa shape index (κ1) is 12.0. The molecule has 0 unspecified atom stereocenters. The van der Waals surface area contributed by atoms with Gasteiger partial charge in [0, 0.05) is 9.37 Å². The van der Waals surface area contributed by atoms with Crippen molar-refractivity contribution in [3.05, 3.63) is 28.2 Å². The minimum atomic E-state index is 0.577. The second-order valence-electron chi connectivity index (χ2n) is 2.69. The Morgan fingerprint density at radius 2 is 2.29 bits per heavy atom. The van der Waals surface area contributed by atoms with Crippen molar-refractivity contribution in [2.75, 3.05) is 6.61 Å². The fourth-order valence-electron chi connectivity index (χ4n) is 0.921. The van der Waals surface area contributed by atoms with Gasteiger partial charge in [0.15, 0.2) is 0 Å². The maximum atomic E-state index is 5.22. The zero-order valence-electron chi connectivity index (χ0n) is 8.04. The van der Waals surface area contributed by atoms with Crippen LogP contribution in [0.25, 0.3) is 0 Å². The van der Waals surface area contributed by atoms with E-state index in [1.54, 1.807) is 0 Å². The average Bonchev–Trinajstić information content (AvgIpc) is 2.12. The van der Waals surface area contributed by atoms with E-state index in [4.69, 9.17) is 17.0 Å². The van der Waals surface area contributed by atoms with Crippen LogP contribution in [0.2, 0.25) is 0 Å². The lowest BCUT2D eigenvalue weighted by Gasteiger charge is -2.07. The summed E-state index contributed by atoms with van der Waals surface area (Å²) in [7, 11) is 0. The monoisotopic (exact) mass is 290 g/mol. The molecule has 76 valence electrons. The van der Waals surface area contributed by atoms with Crippen molar-refractivity contribution in [1.82, 2.24) is 0 Å². The first-order chi connectivity index (χ1) is 6.63. The molecule has 1 aromatic rings. The Labute approximate surface area is 102 Å². The molecule has 4 heteroatoms. The summed E-state index contributed by atoms with van der Waals surface area (Å²) in [6.07, 6.45) is 0. The quantitative estimate of drug-likeness (QED) is 0.598. The molecule has 0 amide bonds. The number of benzene rings is 1. The van der Waals surface area contributed by atoms with Crippen LogP contribution in [-0.4, -0.2) is 11.0 Å². The van der Waals surface area contributed by atoms with Crippen molar-refractivity contribution < 1.29 is 4.74 Å². The van der Waals surface area contributed by atoms with E-state index in [1.165, 1.54) is 17.3 Å². The molecule has 0 spiro atoms. The molecule has 0 saturated heterocycles. The predicted molar refractivity (Wildman–Crippen MR) is 69.0 cm³/mol. The summed E-state index contributed by atoms with van der Waals surface area (Å²) in [6.45, 7) is 4.61. The molecule has 1 rings (SSSR count). The van der Waals surface area contributed by atoms with Crippen LogP contribution < -0.4 is 0 Å². The molecule has 0 bridgehead atoms. The summed E-state index contributed by atoms with van der Waals surface area (Å²) >= 11 is 9.98. The van der Waals surface area contributed by atoms with E-state index < -0.39 is 0 Å². The Morgan fingerprint density at radius 3 is 2.93 bits per heavy atom. The third kappa shape index (κ3) is 3.59. The zero-order valence-corrected chi connectivity index (χ0v) is 11.3. The van der Waals surface area contributed by atoms with E-state index in [0.717, 1.165) is 9.37 Å². The van der Waals surface area contributed by atoms with Crippen LogP contribution >= 0.6 is 39.9 Å². The van der Waals surface area contributed by atoms with Crippen molar-refractivity contribution in [1.29, 1.82) is 0 Å². The van der Waals surface area contributed by atoms with E-state index in [9.17, 15) is 0 Å². The lowest BCUT2D eigenvalue weighted by Crippen LogP contribution is -1.96. The molecule has 1 nitrogen and oxygen atoms in total. The molecule has 0 saturated carbocycles. The van der Waals surface area contributed by atoms with E-state index >= 15 is 0 Å². The first-order valence-corrected chi connectivity index (χ1v) is 6.26. The molecule has 0 aromatic heterocycles. The van der Waals surface area contributed by atoms with Gasteiger partial charge in [-0.15, -0.1) is 0 Å². The van der Waals surface area contributed by atoms with Crippen LogP contribution in [0, 0.1) is 6.92 Å². The van der Waals surface area contributed by atoms with Crippen LogP contribution in [0.1, 0.15) is 12.5 Å². The molecule has 0 aliphatic carbocycles. The number of rotatable bonds is 2. The second kappa shape index (κ2) is 5.73. The summed E-state index contributed by atoms with van der Waals surface area (Å²) in [5.74, 6) is 0. The van der Waals surface area contributed by atoms with Gasteiger partial charge >= 0.3 is 0 Å². The zero-order chi connectivity index (χ0) is 10.6. The van der Waals surface area contributed by atoms with Gasteiger partial charge in [-0.2, -0.15) is 0 Å². The molecule has 0 atom stereocenters. The summed E-state index contributed by atoms with van der Waals surface area (Å²) in [5, 5.41) is 0. The van der Waals surface area contributed by atoms with Gasteiger partial charge in [0.05, 0.1) is 6.61 Å². The van der Waals surface area contributed by atoms with Gasteiger partial charge < -0.3 is 4.74 Å². The lowest BCUT2D eigenvalue weighted by atomic mass is 10.2. The summed E-state index contributed by atoms with van der Waals surface area (Å²) < 4.78 is 6.86. The van der Waals surface area contributed by atoms with Crippen LogP contribution in [-0.2, 0) is 4.74 Å². The third-order valence-electron chi connectivity index (χ3n) is 1.61. The highest BCUT2D eigenvalue weighted by atomic mass is 79.9. The normalized spacial score (nSPS) is 9.93. The molecule has 0 aliphatic rings. The molecule has 0 N–H and O–H groups in total. The number of aryl methyl sites for hydroxylation is 1. The van der Waals surface area contributed by atoms with E-state index in [2.05, 4.69) is 28.9 Å². The maximum absolute atomic E-state index is 5.22. The molecule has 0 fully saturated rings. The fraction of sp³-hybridized carbons (Fsp3) is 0.300. The molecule has 0 radical (unpaired) electrons. The van der Waals surface area contributed by atoms with Crippen LogP contribution in [0.15, 0.2) is 27.6 Å². The largest absolute Gasteiger partial charge is 0.479 e. The van der Waals surface area contributed by atoms with E-state index in [-0.39, 0.29) is 0 Å². The Morgan fingerprint density at radius 1 is 1.57 bits per heavy atom. The van der Waals surface area contributed by atoms with Gasteiger partial charge in [-0.05, 0) is 55.5 Å². The summed E-state index contributed by atoms with van der Waals surface area (Å²) in [5.41, 5.74) is 1.21. The van der Waals surface area contributed by atoms with Gasteiger partial charge in [0.2, 0.25) is 4.38 Å². The highest BCUT2D eigenvalue weighted by molar-refractivity contribution is 9.10. The Hall–Kier alpha value is -0.0600. The van der Waals surface area contributed by atoms with Crippen molar-refractivity contribution in [2.24, 2.45) is 0 Å². The standard InChI is InChI=1S/C10H11BrOS2/c1-3-12-10(13)14-9-6-8(11)5-4-7(9)2/h4-6H,3H2,1-2H3. The molecular formula is C10H11BrOS2. The van der Waals surface area contributed by atoms with Gasteiger partial charge in [-0.1, -0.05) is 22.0 Å².